The van der Waals surface area contributed by atoms with Gasteiger partial charge in [0.1, 0.15) is 5.82 Å². The number of rotatable bonds is 3. The molecule has 1 aromatic carbocycles. The number of benzene rings is 1. The predicted molar refractivity (Wildman–Crippen MR) is 49.0 cm³/mol. The fourth-order valence-corrected chi connectivity index (χ4v) is 1.35. The first-order valence-corrected chi connectivity index (χ1v) is 4.46. The zero-order valence-corrected chi connectivity index (χ0v) is 8.16. The number of halogens is 4. The minimum atomic E-state index is -4.63. The molecule has 0 saturated heterocycles. The van der Waals surface area contributed by atoms with Gasteiger partial charge < -0.3 is 5.32 Å². The zero-order chi connectivity index (χ0) is 11.5. The molecule has 0 bridgehead atoms. The van der Waals surface area contributed by atoms with Crippen LogP contribution >= 0.6 is 0 Å². The van der Waals surface area contributed by atoms with Gasteiger partial charge in [0.15, 0.2) is 0 Å². The van der Waals surface area contributed by atoms with Gasteiger partial charge in [-0.3, -0.25) is 0 Å². The lowest BCUT2D eigenvalue weighted by molar-refractivity contribution is -0.140. The summed E-state index contributed by atoms with van der Waals surface area (Å²) in [6.45, 7) is 0.381. The van der Waals surface area contributed by atoms with Gasteiger partial charge in [-0.25, -0.2) is 4.39 Å². The van der Waals surface area contributed by atoms with Crippen molar-refractivity contribution in [2.45, 2.75) is 12.6 Å². The van der Waals surface area contributed by atoms with Gasteiger partial charge in [0.05, 0.1) is 5.56 Å². The highest BCUT2D eigenvalue weighted by Gasteiger charge is 2.36. The third-order valence-electron chi connectivity index (χ3n) is 2.03. The van der Waals surface area contributed by atoms with Crippen molar-refractivity contribution >= 4 is 0 Å². The van der Waals surface area contributed by atoms with Gasteiger partial charge >= 0.3 is 6.18 Å². The molecule has 15 heavy (non-hydrogen) atoms. The van der Waals surface area contributed by atoms with E-state index in [0.29, 0.717) is 6.54 Å². The van der Waals surface area contributed by atoms with Gasteiger partial charge in [0.2, 0.25) is 0 Å². The SMILES string of the molecule is CNCCc1cccc(F)c1C(F)(F)F. The molecule has 84 valence electrons. The molecule has 0 spiro atoms. The molecule has 0 amide bonds. The number of hydrogen-bond donors (Lipinski definition) is 1. The van der Waals surface area contributed by atoms with Crippen molar-refractivity contribution in [3.8, 4) is 0 Å². The molecule has 1 N–H and O–H groups in total. The molecule has 1 rings (SSSR count). The van der Waals surface area contributed by atoms with E-state index in [0.717, 1.165) is 6.07 Å². The normalized spacial score (nSPS) is 11.8. The van der Waals surface area contributed by atoms with E-state index in [1.54, 1.807) is 7.05 Å². The Kier molecular flexibility index (Phi) is 3.68. The highest BCUT2D eigenvalue weighted by molar-refractivity contribution is 5.31. The lowest BCUT2D eigenvalue weighted by Gasteiger charge is -2.13. The van der Waals surface area contributed by atoms with E-state index in [1.807, 2.05) is 0 Å². The average Bonchev–Trinajstić information content (AvgIpc) is 2.12. The molecule has 0 saturated carbocycles. The predicted octanol–water partition coefficient (Wildman–Crippen LogP) is 2.61. The second-order valence-electron chi connectivity index (χ2n) is 3.13. The maximum absolute atomic E-state index is 13.0. The van der Waals surface area contributed by atoms with Crippen molar-refractivity contribution in [3.05, 3.63) is 35.1 Å². The van der Waals surface area contributed by atoms with Crippen molar-refractivity contribution < 1.29 is 17.6 Å². The molecule has 5 heteroatoms. The van der Waals surface area contributed by atoms with E-state index < -0.39 is 17.6 Å². The average molecular weight is 221 g/mol. The van der Waals surface area contributed by atoms with Gasteiger partial charge in [-0.15, -0.1) is 0 Å². The number of hydrogen-bond acceptors (Lipinski definition) is 1. The van der Waals surface area contributed by atoms with E-state index >= 15 is 0 Å². The topological polar surface area (TPSA) is 12.0 Å². The summed E-state index contributed by atoms with van der Waals surface area (Å²) in [6, 6.07) is 3.41. The van der Waals surface area contributed by atoms with E-state index in [1.165, 1.54) is 12.1 Å². The fraction of sp³-hybridized carbons (Fsp3) is 0.400. The van der Waals surface area contributed by atoms with E-state index in [4.69, 9.17) is 0 Å². The Hall–Kier alpha value is -1.10. The maximum Gasteiger partial charge on any atom is 0.419 e. The van der Waals surface area contributed by atoms with Crippen LogP contribution in [0.1, 0.15) is 11.1 Å². The number of likely N-dealkylation sites (N-methyl/N-ethyl adjacent to an activating group) is 1. The standard InChI is InChI=1S/C10H11F4N/c1-15-6-5-7-3-2-4-8(11)9(7)10(12,13)14/h2-4,15H,5-6H2,1H3. The van der Waals surface area contributed by atoms with E-state index in [-0.39, 0.29) is 12.0 Å². The highest BCUT2D eigenvalue weighted by Crippen LogP contribution is 2.34. The molecule has 1 aromatic rings. The zero-order valence-electron chi connectivity index (χ0n) is 8.16. The summed E-state index contributed by atoms with van der Waals surface area (Å²) in [5, 5.41) is 2.72. The monoisotopic (exact) mass is 221 g/mol. The van der Waals surface area contributed by atoms with Crippen LogP contribution in [0.2, 0.25) is 0 Å². The van der Waals surface area contributed by atoms with Crippen molar-refractivity contribution in [2.75, 3.05) is 13.6 Å². The van der Waals surface area contributed by atoms with Crippen LogP contribution in [0.25, 0.3) is 0 Å². The molecule has 0 radical (unpaired) electrons. The summed E-state index contributed by atoms with van der Waals surface area (Å²) in [4.78, 5) is 0. The molecular formula is C10H11F4N. The number of alkyl halides is 3. The molecule has 0 aliphatic heterocycles. The first kappa shape index (κ1) is 12.0. The van der Waals surface area contributed by atoms with Crippen molar-refractivity contribution in [1.82, 2.24) is 5.32 Å². The quantitative estimate of drug-likeness (QED) is 0.773. The Morgan fingerprint density at radius 2 is 1.93 bits per heavy atom. The van der Waals surface area contributed by atoms with Crippen LogP contribution in [0.4, 0.5) is 17.6 Å². The molecule has 0 unspecified atom stereocenters. The Morgan fingerprint density at radius 3 is 2.47 bits per heavy atom. The lowest BCUT2D eigenvalue weighted by atomic mass is 10.0. The molecule has 0 aliphatic rings. The van der Waals surface area contributed by atoms with Crippen LogP contribution in [0, 0.1) is 5.82 Å². The summed E-state index contributed by atoms with van der Waals surface area (Å²) in [6.07, 6.45) is -4.47. The molecule has 0 atom stereocenters. The Balaban J connectivity index is 3.09. The smallest absolute Gasteiger partial charge is 0.319 e. The van der Waals surface area contributed by atoms with E-state index in [9.17, 15) is 17.6 Å². The van der Waals surface area contributed by atoms with Crippen LogP contribution in [0.15, 0.2) is 18.2 Å². The van der Waals surface area contributed by atoms with Crippen LogP contribution < -0.4 is 5.32 Å². The highest BCUT2D eigenvalue weighted by atomic mass is 19.4. The summed E-state index contributed by atoms with van der Waals surface area (Å²) in [5.41, 5.74) is -1.17. The van der Waals surface area contributed by atoms with Crippen molar-refractivity contribution in [1.29, 1.82) is 0 Å². The Bertz CT molecular complexity index is 333. The van der Waals surface area contributed by atoms with Gasteiger partial charge in [0.25, 0.3) is 0 Å². The van der Waals surface area contributed by atoms with Gasteiger partial charge in [-0.05, 0) is 31.6 Å². The van der Waals surface area contributed by atoms with Gasteiger partial charge in [0, 0.05) is 0 Å². The Morgan fingerprint density at radius 1 is 1.27 bits per heavy atom. The van der Waals surface area contributed by atoms with Gasteiger partial charge in [-0.1, -0.05) is 12.1 Å². The summed E-state index contributed by atoms with van der Waals surface area (Å²) in [7, 11) is 1.63. The molecule has 0 fully saturated rings. The molecule has 0 heterocycles. The fourth-order valence-electron chi connectivity index (χ4n) is 1.35. The molecule has 0 aliphatic carbocycles. The van der Waals surface area contributed by atoms with Gasteiger partial charge in [-0.2, -0.15) is 13.2 Å². The third kappa shape index (κ3) is 2.92. The largest absolute Gasteiger partial charge is 0.419 e. The Labute approximate surface area is 85.1 Å². The second kappa shape index (κ2) is 4.61. The summed E-state index contributed by atoms with van der Waals surface area (Å²) in [5.74, 6) is -1.21. The van der Waals surface area contributed by atoms with Crippen LogP contribution in [0.3, 0.4) is 0 Å². The molecule has 1 nitrogen and oxygen atoms in total. The molecular weight excluding hydrogens is 210 g/mol. The van der Waals surface area contributed by atoms with Crippen LogP contribution in [-0.4, -0.2) is 13.6 Å². The first-order chi connectivity index (χ1) is 6.96. The van der Waals surface area contributed by atoms with Crippen LogP contribution in [-0.2, 0) is 12.6 Å². The first-order valence-electron chi connectivity index (χ1n) is 4.46. The molecule has 0 aromatic heterocycles. The lowest BCUT2D eigenvalue weighted by Crippen LogP contribution is -2.16. The minimum Gasteiger partial charge on any atom is -0.319 e. The number of nitrogens with one attached hydrogen (secondary N) is 1. The summed E-state index contributed by atoms with van der Waals surface area (Å²) >= 11 is 0. The maximum atomic E-state index is 13.0. The van der Waals surface area contributed by atoms with Crippen LogP contribution in [0.5, 0.6) is 0 Å². The second-order valence-corrected chi connectivity index (χ2v) is 3.13. The van der Waals surface area contributed by atoms with Crippen molar-refractivity contribution in [3.63, 3.8) is 0 Å². The van der Waals surface area contributed by atoms with E-state index in [2.05, 4.69) is 5.32 Å². The van der Waals surface area contributed by atoms with Crippen molar-refractivity contribution in [2.24, 2.45) is 0 Å². The summed E-state index contributed by atoms with van der Waals surface area (Å²) < 4.78 is 50.5. The minimum absolute atomic E-state index is 0.0168. The third-order valence-corrected chi connectivity index (χ3v) is 2.03.